The quantitative estimate of drug-likeness (QED) is 0.671. The van der Waals surface area contributed by atoms with Crippen molar-refractivity contribution in [2.75, 3.05) is 12.3 Å². The maximum atomic E-state index is 12.9. The van der Waals surface area contributed by atoms with Crippen LogP contribution in [0.15, 0.2) is 23.6 Å². The van der Waals surface area contributed by atoms with Gasteiger partial charge in [0.05, 0.1) is 4.90 Å². The van der Waals surface area contributed by atoms with Crippen LogP contribution in [0, 0.1) is 20.8 Å². The molecule has 0 heterocycles. The Balaban J connectivity index is 3.57. The molecule has 0 aliphatic rings. The Morgan fingerprint density at radius 1 is 1.30 bits per heavy atom. The first-order chi connectivity index (χ1) is 9.14. The van der Waals surface area contributed by atoms with E-state index in [4.69, 9.17) is 5.73 Å². The second kappa shape index (κ2) is 5.97. The third kappa shape index (κ3) is 2.88. The van der Waals surface area contributed by atoms with Gasteiger partial charge in [0.1, 0.15) is 0 Å². The first kappa shape index (κ1) is 16.7. The van der Waals surface area contributed by atoms with Crippen LogP contribution >= 0.6 is 0 Å². The number of nitrogens with two attached hydrogens (primary N) is 1. The standard InChI is InChI=1S/C15H24N2O2S/c1-7-8-17(10(2)3)20(18,19)15-12(5)9-11(4)14(16)13(15)6/h7,9-10H,1,8,16H2,2-6H3. The van der Waals surface area contributed by atoms with E-state index in [9.17, 15) is 8.42 Å². The van der Waals surface area contributed by atoms with Crippen molar-refractivity contribution in [1.29, 1.82) is 0 Å². The number of hydrogen-bond donors (Lipinski definition) is 1. The van der Waals surface area contributed by atoms with Crippen molar-refractivity contribution in [3.8, 4) is 0 Å². The second-order valence-electron chi connectivity index (χ2n) is 5.34. The molecule has 5 heteroatoms. The van der Waals surface area contributed by atoms with Crippen LogP contribution in [0.3, 0.4) is 0 Å². The number of rotatable bonds is 5. The van der Waals surface area contributed by atoms with Crippen molar-refractivity contribution in [2.24, 2.45) is 0 Å². The van der Waals surface area contributed by atoms with Crippen LogP contribution in [0.1, 0.15) is 30.5 Å². The molecule has 0 saturated heterocycles. The molecule has 112 valence electrons. The second-order valence-corrected chi connectivity index (χ2v) is 7.16. The van der Waals surface area contributed by atoms with Gasteiger partial charge in [0.2, 0.25) is 10.0 Å². The molecule has 2 N–H and O–H groups in total. The average Bonchev–Trinajstić information content (AvgIpc) is 2.32. The number of aryl methyl sites for hydroxylation is 2. The van der Waals surface area contributed by atoms with Crippen molar-refractivity contribution >= 4 is 15.7 Å². The predicted molar refractivity (Wildman–Crippen MR) is 84.3 cm³/mol. The van der Waals surface area contributed by atoms with E-state index in [0.717, 1.165) is 11.1 Å². The fourth-order valence-electron chi connectivity index (χ4n) is 2.41. The normalized spacial score (nSPS) is 12.2. The summed E-state index contributed by atoms with van der Waals surface area (Å²) in [6.07, 6.45) is 1.60. The molecule has 0 aliphatic heterocycles. The molecule has 0 spiro atoms. The fourth-order valence-corrected chi connectivity index (χ4v) is 4.46. The minimum absolute atomic E-state index is 0.140. The van der Waals surface area contributed by atoms with E-state index in [1.165, 1.54) is 4.31 Å². The van der Waals surface area contributed by atoms with Gasteiger partial charge in [0, 0.05) is 18.3 Å². The number of hydrogen-bond acceptors (Lipinski definition) is 3. The molecule has 0 aliphatic carbocycles. The Morgan fingerprint density at radius 2 is 1.85 bits per heavy atom. The summed E-state index contributed by atoms with van der Waals surface area (Å²) in [6.45, 7) is 13.1. The fraction of sp³-hybridized carbons (Fsp3) is 0.467. The SMILES string of the molecule is C=CCN(C(C)C)S(=O)(=O)c1c(C)cc(C)c(N)c1C. The molecule has 20 heavy (non-hydrogen) atoms. The Kier molecular flexibility index (Phi) is 5.00. The van der Waals surface area contributed by atoms with Crippen LogP contribution in [0.4, 0.5) is 5.69 Å². The van der Waals surface area contributed by atoms with Gasteiger partial charge in [-0.2, -0.15) is 4.31 Å². The van der Waals surface area contributed by atoms with Gasteiger partial charge in [0.25, 0.3) is 0 Å². The molecule has 0 bridgehead atoms. The summed E-state index contributed by atoms with van der Waals surface area (Å²) in [5, 5.41) is 0. The van der Waals surface area contributed by atoms with Gasteiger partial charge in [-0.3, -0.25) is 0 Å². The van der Waals surface area contributed by atoms with Crippen LogP contribution in [-0.2, 0) is 10.0 Å². The Hall–Kier alpha value is -1.33. The van der Waals surface area contributed by atoms with Crippen molar-refractivity contribution < 1.29 is 8.42 Å². The maximum absolute atomic E-state index is 12.9. The van der Waals surface area contributed by atoms with Gasteiger partial charge in [-0.15, -0.1) is 6.58 Å². The predicted octanol–water partition coefficient (Wildman–Crippen LogP) is 2.78. The van der Waals surface area contributed by atoms with Gasteiger partial charge in [-0.25, -0.2) is 8.42 Å². The summed E-state index contributed by atoms with van der Waals surface area (Å²) in [6, 6.07) is 1.68. The molecule has 1 aromatic rings. The van der Waals surface area contributed by atoms with Gasteiger partial charge < -0.3 is 5.73 Å². The van der Waals surface area contributed by atoms with E-state index in [1.54, 1.807) is 19.9 Å². The molecule has 0 atom stereocenters. The highest BCUT2D eigenvalue weighted by Crippen LogP contribution is 2.30. The number of sulfonamides is 1. The first-order valence-electron chi connectivity index (χ1n) is 6.63. The third-order valence-corrected chi connectivity index (χ3v) is 5.74. The van der Waals surface area contributed by atoms with Crippen LogP contribution in [0.2, 0.25) is 0 Å². The van der Waals surface area contributed by atoms with Crippen molar-refractivity contribution in [3.05, 3.63) is 35.4 Å². The summed E-state index contributed by atoms with van der Waals surface area (Å²) in [5.74, 6) is 0. The van der Waals surface area contributed by atoms with Crippen LogP contribution in [-0.4, -0.2) is 25.3 Å². The van der Waals surface area contributed by atoms with E-state index >= 15 is 0 Å². The minimum Gasteiger partial charge on any atom is -0.398 e. The minimum atomic E-state index is -3.58. The van der Waals surface area contributed by atoms with Gasteiger partial charge in [-0.05, 0) is 51.3 Å². The zero-order valence-electron chi connectivity index (χ0n) is 12.9. The molecule has 0 fully saturated rings. The summed E-state index contributed by atoms with van der Waals surface area (Å²) >= 11 is 0. The van der Waals surface area contributed by atoms with E-state index < -0.39 is 10.0 Å². The highest BCUT2D eigenvalue weighted by Gasteiger charge is 2.30. The molecule has 0 aromatic heterocycles. The van der Waals surface area contributed by atoms with E-state index in [-0.39, 0.29) is 12.6 Å². The Bertz CT molecular complexity index is 619. The lowest BCUT2D eigenvalue weighted by atomic mass is 10.1. The third-order valence-electron chi connectivity index (χ3n) is 3.41. The molecule has 0 unspecified atom stereocenters. The molecule has 1 rings (SSSR count). The number of nitrogen functional groups attached to an aromatic ring is 1. The largest absolute Gasteiger partial charge is 0.398 e. The number of nitrogens with zero attached hydrogens (tertiary/aromatic N) is 1. The summed E-state index contributed by atoms with van der Waals surface area (Å²) in [7, 11) is -3.58. The monoisotopic (exact) mass is 296 g/mol. The van der Waals surface area contributed by atoms with E-state index in [1.807, 2.05) is 26.8 Å². The lowest BCUT2D eigenvalue weighted by Gasteiger charge is -2.27. The summed E-state index contributed by atoms with van der Waals surface area (Å²) in [5.41, 5.74) is 8.78. The van der Waals surface area contributed by atoms with Crippen LogP contribution in [0.5, 0.6) is 0 Å². The van der Waals surface area contributed by atoms with Crippen LogP contribution in [0.25, 0.3) is 0 Å². The molecular formula is C15H24N2O2S. The Morgan fingerprint density at radius 3 is 2.30 bits per heavy atom. The topological polar surface area (TPSA) is 63.4 Å². The lowest BCUT2D eigenvalue weighted by molar-refractivity contribution is 0.382. The number of anilines is 1. The number of benzene rings is 1. The van der Waals surface area contributed by atoms with Gasteiger partial charge >= 0.3 is 0 Å². The summed E-state index contributed by atoms with van der Waals surface area (Å²) < 4.78 is 27.2. The molecule has 0 radical (unpaired) electrons. The van der Waals surface area contributed by atoms with Crippen molar-refractivity contribution in [3.63, 3.8) is 0 Å². The van der Waals surface area contributed by atoms with Gasteiger partial charge in [-0.1, -0.05) is 12.1 Å². The maximum Gasteiger partial charge on any atom is 0.244 e. The first-order valence-corrected chi connectivity index (χ1v) is 8.07. The highest BCUT2D eigenvalue weighted by molar-refractivity contribution is 7.89. The van der Waals surface area contributed by atoms with Crippen molar-refractivity contribution in [2.45, 2.75) is 45.6 Å². The van der Waals surface area contributed by atoms with E-state index in [2.05, 4.69) is 6.58 Å². The van der Waals surface area contributed by atoms with E-state index in [0.29, 0.717) is 16.1 Å². The zero-order chi connectivity index (χ0) is 15.7. The molecular weight excluding hydrogens is 272 g/mol. The Labute approximate surface area is 122 Å². The molecule has 1 aromatic carbocycles. The smallest absolute Gasteiger partial charge is 0.244 e. The molecule has 4 nitrogen and oxygen atoms in total. The van der Waals surface area contributed by atoms with Crippen molar-refractivity contribution in [1.82, 2.24) is 4.31 Å². The average molecular weight is 296 g/mol. The highest BCUT2D eigenvalue weighted by atomic mass is 32.2. The zero-order valence-corrected chi connectivity index (χ0v) is 13.7. The molecule has 0 amide bonds. The molecule has 0 saturated carbocycles. The van der Waals surface area contributed by atoms with Gasteiger partial charge in [0.15, 0.2) is 0 Å². The van der Waals surface area contributed by atoms with Crippen LogP contribution < -0.4 is 5.73 Å². The summed E-state index contributed by atoms with van der Waals surface area (Å²) in [4.78, 5) is 0.316. The lowest BCUT2D eigenvalue weighted by Crippen LogP contribution is -2.37.